The molecule has 1 aromatic rings. The molecule has 1 saturated heterocycles. The minimum Gasteiger partial charge on any atom is -0.383 e. The Balaban J connectivity index is 1.49. The van der Waals surface area contributed by atoms with Crippen LogP contribution in [0.2, 0.25) is 0 Å². The minimum absolute atomic E-state index is 0.193. The highest BCUT2D eigenvalue weighted by Gasteiger charge is 2.30. The summed E-state index contributed by atoms with van der Waals surface area (Å²) >= 11 is 0. The number of ether oxygens (including phenoxy) is 1. The van der Waals surface area contributed by atoms with Crippen LogP contribution in [-0.2, 0) is 9.53 Å². The third-order valence-corrected chi connectivity index (χ3v) is 5.44. The van der Waals surface area contributed by atoms with Crippen molar-refractivity contribution in [2.75, 3.05) is 33.4 Å². The molecule has 1 aliphatic heterocycles. The number of hydrogen-bond donors (Lipinski definition) is 1. The van der Waals surface area contributed by atoms with E-state index in [-0.39, 0.29) is 17.9 Å². The lowest BCUT2D eigenvalue weighted by Crippen LogP contribution is -2.42. The second kappa shape index (κ2) is 9.12. The van der Waals surface area contributed by atoms with E-state index in [2.05, 4.69) is 15.6 Å². The summed E-state index contributed by atoms with van der Waals surface area (Å²) in [7, 11) is 1.59. The minimum atomic E-state index is -0.238. The monoisotopic (exact) mass is 363 g/mol. The Morgan fingerprint density at radius 1 is 1.19 bits per heavy atom. The Kier molecular flexibility index (Phi) is 6.60. The lowest BCUT2D eigenvalue weighted by atomic mass is 9.87. The van der Waals surface area contributed by atoms with Gasteiger partial charge in [0.05, 0.1) is 18.8 Å². The lowest BCUT2D eigenvalue weighted by molar-refractivity contribution is -0.137. The van der Waals surface area contributed by atoms with E-state index in [1.54, 1.807) is 18.0 Å². The zero-order valence-corrected chi connectivity index (χ0v) is 15.5. The quantitative estimate of drug-likeness (QED) is 0.772. The van der Waals surface area contributed by atoms with Crippen molar-refractivity contribution >= 4 is 11.8 Å². The van der Waals surface area contributed by atoms with E-state index in [9.17, 15) is 9.59 Å². The van der Waals surface area contributed by atoms with Gasteiger partial charge in [-0.3, -0.25) is 9.59 Å². The second-order valence-corrected chi connectivity index (χ2v) is 7.22. The molecule has 2 amide bonds. The third-order valence-electron chi connectivity index (χ3n) is 5.44. The zero-order chi connectivity index (χ0) is 18.4. The number of carbonyl (C=O) groups is 2. The fourth-order valence-corrected chi connectivity index (χ4v) is 3.87. The molecule has 0 radical (unpaired) electrons. The summed E-state index contributed by atoms with van der Waals surface area (Å²) in [5.41, 5.74) is 0.321. The molecule has 2 aliphatic rings. The fraction of sp³-hybridized carbons (Fsp3) is 0.778. The topological polar surface area (TPSA) is 89.4 Å². The van der Waals surface area contributed by atoms with Crippen LogP contribution in [0.4, 0.5) is 0 Å². The highest BCUT2D eigenvalue weighted by Crippen LogP contribution is 2.28. The summed E-state index contributed by atoms with van der Waals surface area (Å²) in [6.45, 7) is 2.43. The number of likely N-dealkylation sites (tertiary alicyclic amines) is 1. The number of methoxy groups -OCH3 is 1. The Labute approximate surface area is 154 Å². The average molecular weight is 363 g/mol. The van der Waals surface area contributed by atoms with E-state index in [1.807, 2.05) is 4.90 Å². The van der Waals surface area contributed by atoms with Crippen molar-refractivity contribution in [2.45, 2.75) is 51.0 Å². The van der Waals surface area contributed by atoms with Crippen molar-refractivity contribution < 1.29 is 14.3 Å². The fourth-order valence-electron chi connectivity index (χ4n) is 3.87. The van der Waals surface area contributed by atoms with Crippen LogP contribution in [0.3, 0.4) is 0 Å². The van der Waals surface area contributed by atoms with Crippen LogP contribution in [0.1, 0.15) is 61.5 Å². The standard InChI is InChI=1S/C18H29N5O3/c1-26-12-9-19-17(24)16-13-23(21-20-16)15-7-10-22(11-8-15)18(25)14-5-3-2-4-6-14/h13-15H,2-12H2,1H3,(H,19,24). The predicted molar refractivity (Wildman–Crippen MR) is 95.7 cm³/mol. The molecule has 1 aliphatic carbocycles. The first kappa shape index (κ1) is 18.8. The highest BCUT2D eigenvalue weighted by molar-refractivity contribution is 5.91. The molecule has 3 rings (SSSR count). The molecular formula is C18H29N5O3. The summed E-state index contributed by atoms with van der Waals surface area (Å²) in [6.07, 6.45) is 9.12. The molecule has 0 spiro atoms. The Hall–Kier alpha value is -1.96. The number of hydrogen-bond acceptors (Lipinski definition) is 5. The van der Waals surface area contributed by atoms with Crippen LogP contribution in [-0.4, -0.2) is 65.1 Å². The second-order valence-electron chi connectivity index (χ2n) is 7.22. The smallest absolute Gasteiger partial charge is 0.273 e. The van der Waals surface area contributed by atoms with Crippen LogP contribution in [0, 0.1) is 5.92 Å². The summed E-state index contributed by atoms with van der Waals surface area (Å²) in [5.74, 6) is 0.326. The van der Waals surface area contributed by atoms with Crippen molar-refractivity contribution in [1.82, 2.24) is 25.2 Å². The summed E-state index contributed by atoms with van der Waals surface area (Å²) in [4.78, 5) is 26.7. The van der Waals surface area contributed by atoms with Crippen LogP contribution in [0.25, 0.3) is 0 Å². The maximum Gasteiger partial charge on any atom is 0.273 e. The molecule has 0 aromatic carbocycles. The zero-order valence-electron chi connectivity index (χ0n) is 15.5. The van der Waals surface area contributed by atoms with Crippen molar-refractivity contribution in [2.24, 2.45) is 5.92 Å². The van der Waals surface area contributed by atoms with Crippen molar-refractivity contribution in [1.29, 1.82) is 0 Å². The molecule has 0 unspecified atom stereocenters. The number of rotatable bonds is 6. The van der Waals surface area contributed by atoms with Gasteiger partial charge in [-0.05, 0) is 25.7 Å². The number of piperidine rings is 1. The van der Waals surface area contributed by atoms with E-state index < -0.39 is 0 Å². The van der Waals surface area contributed by atoms with E-state index >= 15 is 0 Å². The molecule has 2 heterocycles. The lowest BCUT2D eigenvalue weighted by Gasteiger charge is -2.35. The van der Waals surface area contributed by atoms with Gasteiger partial charge in [-0.1, -0.05) is 24.5 Å². The third kappa shape index (κ3) is 4.60. The van der Waals surface area contributed by atoms with Crippen molar-refractivity contribution in [3.63, 3.8) is 0 Å². The average Bonchev–Trinajstić information content (AvgIpc) is 3.19. The first-order valence-electron chi connectivity index (χ1n) is 9.67. The van der Waals surface area contributed by atoms with Gasteiger partial charge in [0, 0.05) is 32.7 Å². The normalized spacial score (nSPS) is 19.5. The Morgan fingerprint density at radius 2 is 1.92 bits per heavy atom. The number of carbonyl (C=O) groups excluding carboxylic acids is 2. The highest BCUT2D eigenvalue weighted by atomic mass is 16.5. The van der Waals surface area contributed by atoms with E-state index in [0.717, 1.165) is 38.8 Å². The molecular weight excluding hydrogens is 334 g/mol. The molecule has 26 heavy (non-hydrogen) atoms. The van der Waals surface area contributed by atoms with Gasteiger partial charge >= 0.3 is 0 Å². The SMILES string of the molecule is COCCNC(=O)c1cn(C2CCN(C(=O)C3CCCCC3)CC2)nn1. The van der Waals surface area contributed by atoms with E-state index in [0.29, 0.717) is 24.8 Å². The maximum atomic E-state index is 12.6. The van der Waals surface area contributed by atoms with Gasteiger partial charge < -0.3 is 15.0 Å². The van der Waals surface area contributed by atoms with Crippen molar-refractivity contribution in [3.8, 4) is 0 Å². The van der Waals surface area contributed by atoms with E-state index in [4.69, 9.17) is 4.74 Å². The largest absolute Gasteiger partial charge is 0.383 e. The number of amides is 2. The van der Waals surface area contributed by atoms with Gasteiger partial charge in [0.1, 0.15) is 0 Å². The summed E-state index contributed by atoms with van der Waals surface area (Å²) < 4.78 is 6.68. The molecule has 1 saturated carbocycles. The molecule has 8 nitrogen and oxygen atoms in total. The van der Waals surface area contributed by atoms with Crippen LogP contribution < -0.4 is 5.32 Å². The van der Waals surface area contributed by atoms with Gasteiger partial charge in [-0.2, -0.15) is 0 Å². The van der Waals surface area contributed by atoms with Gasteiger partial charge in [0.15, 0.2) is 5.69 Å². The molecule has 1 N–H and O–H groups in total. The molecule has 1 aromatic heterocycles. The van der Waals surface area contributed by atoms with E-state index in [1.165, 1.54) is 19.3 Å². The van der Waals surface area contributed by atoms with Gasteiger partial charge in [0.2, 0.25) is 5.91 Å². The molecule has 144 valence electrons. The van der Waals surface area contributed by atoms with Crippen molar-refractivity contribution in [3.05, 3.63) is 11.9 Å². The summed E-state index contributed by atoms with van der Waals surface area (Å²) in [6, 6.07) is 0.193. The van der Waals surface area contributed by atoms with Crippen LogP contribution in [0.5, 0.6) is 0 Å². The maximum absolute atomic E-state index is 12.6. The van der Waals surface area contributed by atoms with Gasteiger partial charge in [-0.15, -0.1) is 5.10 Å². The van der Waals surface area contributed by atoms with Crippen LogP contribution >= 0.6 is 0 Å². The Morgan fingerprint density at radius 3 is 2.62 bits per heavy atom. The molecule has 8 heteroatoms. The number of nitrogens with one attached hydrogen (secondary N) is 1. The first-order valence-corrected chi connectivity index (χ1v) is 9.67. The number of aromatic nitrogens is 3. The molecule has 0 atom stereocenters. The van der Waals surface area contributed by atoms with Gasteiger partial charge in [0.25, 0.3) is 5.91 Å². The van der Waals surface area contributed by atoms with Crippen LogP contribution in [0.15, 0.2) is 6.20 Å². The predicted octanol–water partition coefficient (Wildman–Crippen LogP) is 1.40. The Bertz CT molecular complexity index is 604. The molecule has 0 bridgehead atoms. The molecule has 2 fully saturated rings. The first-order chi connectivity index (χ1) is 12.7. The van der Waals surface area contributed by atoms with Gasteiger partial charge in [-0.25, -0.2) is 4.68 Å². The summed E-state index contributed by atoms with van der Waals surface area (Å²) in [5, 5.41) is 10.8. The number of nitrogens with zero attached hydrogens (tertiary/aromatic N) is 4.